The van der Waals surface area contributed by atoms with Crippen LogP contribution in [0.15, 0.2) is 0 Å². The van der Waals surface area contributed by atoms with Crippen molar-refractivity contribution in [1.82, 2.24) is 10.2 Å². The molecular formula is C12H20N4O4S. The Hall–Kier alpha value is -1.77. The zero-order chi connectivity index (χ0) is 16.0. The number of likely N-dealkylation sites (tertiary alicyclic amines) is 1. The summed E-state index contributed by atoms with van der Waals surface area (Å²) in [7, 11) is 0. The van der Waals surface area contributed by atoms with Gasteiger partial charge in [0.05, 0.1) is 5.75 Å². The van der Waals surface area contributed by atoms with E-state index in [1.54, 1.807) is 6.92 Å². The summed E-state index contributed by atoms with van der Waals surface area (Å²) >= 11 is 0.724. The summed E-state index contributed by atoms with van der Waals surface area (Å²) < 4.78 is 0. The van der Waals surface area contributed by atoms with Crippen LogP contribution in [-0.2, 0) is 14.4 Å². The molecule has 9 heteroatoms. The maximum Gasteiger partial charge on any atom is 0.276 e. The maximum atomic E-state index is 11.9. The van der Waals surface area contributed by atoms with Gasteiger partial charge >= 0.3 is 0 Å². The third kappa shape index (κ3) is 5.25. The van der Waals surface area contributed by atoms with Crippen LogP contribution in [0.2, 0.25) is 0 Å². The molecule has 0 spiro atoms. The fraction of sp³-hybridized carbons (Fsp3) is 0.667. The minimum atomic E-state index is -0.611. The minimum absolute atomic E-state index is 0.0431. The van der Waals surface area contributed by atoms with Crippen molar-refractivity contribution < 1.29 is 19.2 Å². The van der Waals surface area contributed by atoms with Gasteiger partial charge < -0.3 is 21.7 Å². The largest absolute Gasteiger partial charge is 0.368 e. The van der Waals surface area contributed by atoms with Gasteiger partial charge in [0.15, 0.2) is 0 Å². The Morgan fingerprint density at radius 1 is 1.43 bits per heavy atom. The van der Waals surface area contributed by atoms with Crippen LogP contribution in [0.3, 0.4) is 0 Å². The van der Waals surface area contributed by atoms with Gasteiger partial charge in [0, 0.05) is 25.4 Å². The molecule has 0 aromatic rings. The van der Waals surface area contributed by atoms with Crippen molar-refractivity contribution in [1.29, 1.82) is 0 Å². The van der Waals surface area contributed by atoms with E-state index >= 15 is 0 Å². The van der Waals surface area contributed by atoms with Crippen molar-refractivity contribution in [2.24, 2.45) is 17.4 Å². The van der Waals surface area contributed by atoms with Crippen molar-refractivity contribution in [3.8, 4) is 0 Å². The molecule has 118 valence electrons. The van der Waals surface area contributed by atoms with Crippen LogP contribution in [-0.4, -0.2) is 52.7 Å². The average molecular weight is 316 g/mol. The smallest absolute Gasteiger partial charge is 0.276 e. The summed E-state index contributed by atoms with van der Waals surface area (Å²) in [4.78, 5) is 46.6. The molecule has 1 fully saturated rings. The van der Waals surface area contributed by atoms with Crippen molar-refractivity contribution in [2.45, 2.75) is 25.8 Å². The lowest BCUT2D eigenvalue weighted by molar-refractivity contribution is -0.136. The molecule has 0 aliphatic carbocycles. The van der Waals surface area contributed by atoms with Crippen molar-refractivity contribution >= 4 is 34.7 Å². The fourth-order valence-corrected chi connectivity index (χ4v) is 2.64. The van der Waals surface area contributed by atoms with Gasteiger partial charge in [0.1, 0.15) is 6.04 Å². The van der Waals surface area contributed by atoms with E-state index in [0.717, 1.165) is 11.8 Å². The van der Waals surface area contributed by atoms with Crippen LogP contribution >= 0.6 is 11.8 Å². The molecule has 1 rings (SSSR count). The second-order valence-corrected chi connectivity index (χ2v) is 5.83. The molecule has 5 N–H and O–H groups in total. The molecule has 0 aromatic heterocycles. The second kappa shape index (κ2) is 7.87. The Morgan fingerprint density at radius 3 is 2.62 bits per heavy atom. The molecule has 0 saturated carbocycles. The zero-order valence-electron chi connectivity index (χ0n) is 11.8. The van der Waals surface area contributed by atoms with E-state index in [4.69, 9.17) is 11.5 Å². The third-order valence-corrected chi connectivity index (χ3v) is 3.95. The van der Waals surface area contributed by atoms with Crippen LogP contribution in [0.25, 0.3) is 0 Å². The number of nitrogens with two attached hydrogens (primary N) is 2. The topological polar surface area (TPSA) is 136 Å². The highest BCUT2D eigenvalue weighted by Crippen LogP contribution is 2.21. The molecule has 21 heavy (non-hydrogen) atoms. The van der Waals surface area contributed by atoms with Crippen LogP contribution in [0, 0.1) is 5.92 Å². The standard InChI is InChI=1S/C12H20N4O4S/c1-2-8(11(13)19)16-5-7(3-10(16)18)4-15-9(17)6-21-12(14)20/h7-8H,2-6H2,1H3,(H2,13,19)(H2,14,20)(H,15,17)/t7?,8-/m1/s1. The molecular weight excluding hydrogens is 296 g/mol. The number of hydrogen-bond acceptors (Lipinski definition) is 5. The fourth-order valence-electron chi connectivity index (χ4n) is 2.27. The highest BCUT2D eigenvalue weighted by Gasteiger charge is 2.35. The van der Waals surface area contributed by atoms with Crippen molar-refractivity contribution in [2.75, 3.05) is 18.8 Å². The van der Waals surface area contributed by atoms with Gasteiger partial charge in [-0.1, -0.05) is 18.7 Å². The van der Waals surface area contributed by atoms with E-state index < -0.39 is 17.2 Å². The number of nitrogens with zero attached hydrogens (tertiary/aromatic N) is 1. The number of thioether (sulfide) groups is 1. The summed E-state index contributed by atoms with van der Waals surface area (Å²) in [5.41, 5.74) is 10.2. The quantitative estimate of drug-likeness (QED) is 0.555. The van der Waals surface area contributed by atoms with E-state index in [2.05, 4.69) is 5.32 Å². The maximum absolute atomic E-state index is 11.9. The highest BCUT2D eigenvalue weighted by atomic mass is 32.2. The first-order valence-electron chi connectivity index (χ1n) is 6.62. The highest BCUT2D eigenvalue weighted by molar-refractivity contribution is 8.14. The summed E-state index contributed by atoms with van der Waals surface area (Å²) in [5.74, 6) is -1.07. The summed E-state index contributed by atoms with van der Waals surface area (Å²) in [5, 5.41) is 2.03. The molecule has 0 radical (unpaired) electrons. The minimum Gasteiger partial charge on any atom is -0.368 e. The van der Waals surface area contributed by atoms with E-state index in [1.165, 1.54) is 4.90 Å². The Bertz CT molecular complexity index is 443. The molecule has 2 atom stereocenters. The van der Waals surface area contributed by atoms with Gasteiger partial charge in [-0.05, 0) is 6.42 Å². The summed E-state index contributed by atoms with van der Waals surface area (Å²) in [6.45, 7) is 2.50. The molecule has 0 bridgehead atoms. The number of nitrogens with one attached hydrogen (secondary N) is 1. The molecule has 1 aliphatic rings. The second-order valence-electron chi connectivity index (χ2n) is 4.85. The van der Waals surface area contributed by atoms with Gasteiger partial charge in [0.25, 0.3) is 5.24 Å². The zero-order valence-corrected chi connectivity index (χ0v) is 12.6. The lowest BCUT2D eigenvalue weighted by Crippen LogP contribution is -2.45. The number of primary amides is 2. The molecule has 1 heterocycles. The first-order valence-corrected chi connectivity index (χ1v) is 7.61. The normalized spacial score (nSPS) is 19.4. The molecule has 1 saturated heterocycles. The van der Waals surface area contributed by atoms with Crippen LogP contribution in [0.5, 0.6) is 0 Å². The Labute approximate surface area is 127 Å². The number of carbonyl (C=O) groups excluding carboxylic acids is 4. The number of rotatable bonds is 7. The monoisotopic (exact) mass is 316 g/mol. The van der Waals surface area contributed by atoms with Gasteiger partial charge in [-0.15, -0.1) is 0 Å². The SMILES string of the molecule is CC[C@H](C(N)=O)N1CC(CNC(=O)CSC(N)=O)CC1=O. The first kappa shape index (κ1) is 17.3. The van der Waals surface area contributed by atoms with E-state index in [9.17, 15) is 19.2 Å². The van der Waals surface area contributed by atoms with Gasteiger partial charge in [-0.2, -0.15) is 0 Å². The molecule has 1 aliphatic heterocycles. The third-order valence-electron chi connectivity index (χ3n) is 3.26. The number of hydrogen-bond donors (Lipinski definition) is 3. The van der Waals surface area contributed by atoms with E-state index in [0.29, 0.717) is 19.5 Å². The molecule has 4 amide bonds. The predicted molar refractivity (Wildman–Crippen MR) is 78.1 cm³/mol. The molecule has 1 unspecified atom stereocenters. The van der Waals surface area contributed by atoms with Crippen LogP contribution < -0.4 is 16.8 Å². The van der Waals surface area contributed by atoms with E-state index in [1.807, 2.05) is 0 Å². The molecule has 8 nitrogen and oxygen atoms in total. The summed E-state index contributed by atoms with van der Waals surface area (Å²) in [6, 6.07) is -0.594. The predicted octanol–water partition coefficient (Wildman–Crippen LogP) is -0.973. The van der Waals surface area contributed by atoms with Crippen LogP contribution in [0.4, 0.5) is 4.79 Å². The summed E-state index contributed by atoms with van der Waals surface area (Å²) in [6.07, 6.45) is 0.739. The number of carbonyl (C=O) groups is 4. The lowest BCUT2D eigenvalue weighted by atomic mass is 10.1. The Balaban J connectivity index is 2.42. The van der Waals surface area contributed by atoms with E-state index in [-0.39, 0.29) is 29.9 Å². The Morgan fingerprint density at radius 2 is 2.10 bits per heavy atom. The Kier molecular flexibility index (Phi) is 6.47. The number of amides is 4. The van der Waals surface area contributed by atoms with Gasteiger partial charge in [-0.25, -0.2) is 0 Å². The van der Waals surface area contributed by atoms with Crippen LogP contribution in [0.1, 0.15) is 19.8 Å². The van der Waals surface area contributed by atoms with Gasteiger partial charge in [-0.3, -0.25) is 19.2 Å². The lowest BCUT2D eigenvalue weighted by Gasteiger charge is -2.24. The van der Waals surface area contributed by atoms with Crippen molar-refractivity contribution in [3.63, 3.8) is 0 Å². The average Bonchev–Trinajstić information content (AvgIpc) is 2.76. The molecule has 0 aromatic carbocycles. The van der Waals surface area contributed by atoms with Crippen molar-refractivity contribution in [3.05, 3.63) is 0 Å². The van der Waals surface area contributed by atoms with Gasteiger partial charge in [0.2, 0.25) is 17.7 Å². The first-order chi connectivity index (χ1) is 9.85.